The van der Waals surface area contributed by atoms with Crippen molar-refractivity contribution in [2.24, 2.45) is 0 Å². The van der Waals surface area contributed by atoms with Crippen LogP contribution in [-0.2, 0) is 16.1 Å². The zero-order valence-electron chi connectivity index (χ0n) is 16.5. The highest BCUT2D eigenvalue weighted by atomic mass is 32.3. The molecule has 1 aromatic rings. The molecule has 1 unspecified atom stereocenters. The number of hydrogen-bond acceptors (Lipinski definition) is 3. The van der Waals surface area contributed by atoms with Crippen LogP contribution in [0.15, 0.2) is 30.3 Å². The molecule has 1 aromatic carbocycles. The third-order valence-corrected chi connectivity index (χ3v) is 4.26. The van der Waals surface area contributed by atoms with Gasteiger partial charge < -0.3 is 15.0 Å². The van der Waals surface area contributed by atoms with Crippen LogP contribution < -0.4 is 5.32 Å². The van der Waals surface area contributed by atoms with Crippen LogP contribution in [0.25, 0.3) is 0 Å². The fourth-order valence-electron chi connectivity index (χ4n) is 2.28. The van der Waals surface area contributed by atoms with Crippen molar-refractivity contribution in [1.29, 1.82) is 0 Å². The SMILES string of the molecule is CC(NC(=O)OC(C)(C)C)C(=O)N(Cc1ccccc1)CS(C)(C)C. The van der Waals surface area contributed by atoms with E-state index in [2.05, 4.69) is 24.1 Å². The van der Waals surface area contributed by atoms with E-state index in [1.807, 2.05) is 35.2 Å². The number of nitrogens with one attached hydrogen (secondary N) is 1. The maximum atomic E-state index is 12.9. The highest BCUT2D eigenvalue weighted by Crippen LogP contribution is 2.35. The Bertz CT molecular complexity index is 577. The van der Waals surface area contributed by atoms with E-state index in [-0.39, 0.29) is 5.91 Å². The summed E-state index contributed by atoms with van der Waals surface area (Å²) in [7, 11) is -0.918. The van der Waals surface area contributed by atoms with Crippen molar-refractivity contribution in [2.75, 3.05) is 24.6 Å². The number of carbonyl (C=O) groups is 2. The average Bonchev–Trinajstić information content (AvgIpc) is 2.43. The van der Waals surface area contributed by atoms with Crippen molar-refractivity contribution in [3.05, 3.63) is 35.9 Å². The molecule has 0 aliphatic rings. The molecule has 1 atom stereocenters. The quantitative estimate of drug-likeness (QED) is 0.835. The Labute approximate surface area is 153 Å². The molecule has 0 aromatic heterocycles. The van der Waals surface area contributed by atoms with Gasteiger partial charge in [-0.2, -0.15) is 0 Å². The van der Waals surface area contributed by atoms with Crippen LogP contribution >= 0.6 is 10.0 Å². The number of alkyl carbamates (subject to hydrolysis) is 1. The van der Waals surface area contributed by atoms with Crippen molar-refractivity contribution in [2.45, 2.75) is 45.9 Å². The molecule has 0 spiro atoms. The fraction of sp³-hybridized carbons (Fsp3) is 0.579. The summed E-state index contributed by atoms with van der Waals surface area (Å²) in [5.41, 5.74) is 0.482. The van der Waals surface area contributed by atoms with Gasteiger partial charge in [0.15, 0.2) is 0 Å². The van der Waals surface area contributed by atoms with E-state index in [0.29, 0.717) is 12.4 Å². The Balaban J connectivity index is 2.82. The molecule has 0 bridgehead atoms. The van der Waals surface area contributed by atoms with E-state index in [1.54, 1.807) is 27.7 Å². The van der Waals surface area contributed by atoms with Gasteiger partial charge >= 0.3 is 6.09 Å². The van der Waals surface area contributed by atoms with E-state index >= 15 is 0 Å². The Hall–Kier alpha value is -1.69. The Kier molecular flexibility index (Phi) is 7.35. The Morgan fingerprint density at radius 2 is 1.72 bits per heavy atom. The van der Waals surface area contributed by atoms with E-state index < -0.39 is 27.8 Å². The van der Waals surface area contributed by atoms with Crippen LogP contribution in [0.4, 0.5) is 4.79 Å². The summed E-state index contributed by atoms with van der Waals surface area (Å²) in [5, 5.41) is 2.65. The summed E-state index contributed by atoms with van der Waals surface area (Å²) in [5.74, 6) is 0.582. The smallest absolute Gasteiger partial charge is 0.408 e. The first-order valence-electron chi connectivity index (χ1n) is 8.35. The standard InChI is InChI=1S/C19H32N2O3S/c1-15(20-18(23)24-19(2,3)4)17(22)21(14-25(5,6)7)13-16-11-9-8-10-12-16/h8-12,15H,13-14H2,1-7H3,(H,20,23). The molecule has 1 N–H and O–H groups in total. The zero-order chi connectivity index (χ0) is 19.3. The molecule has 5 nitrogen and oxygen atoms in total. The van der Waals surface area contributed by atoms with Gasteiger partial charge in [0.05, 0.1) is 5.88 Å². The number of amides is 2. The number of carbonyl (C=O) groups excluding carboxylic acids is 2. The number of rotatable bonds is 6. The average molecular weight is 369 g/mol. The van der Waals surface area contributed by atoms with E-state index in [0.717, 1.165) is 5.56 Å². The fourth-order valence-corrected chi connectivity index (χ4v) is 3.43. The summed E-state index contributed by atoms with van der Waals surface area (Å²) >= 11 is 0. The lowest BCUT2D eigenvalue weighted by molar-refractivity contribution is -0.132. The Morgan fingerprint density at radius 1 is 1.16 bits per heavy atom. The van der Waals surface area contributed by atoms with Gasteiger partial charge in [-0.3, -0.25) is 4.79 Å². The molecule has 0 heterocycles. The minimum Gasteiger partial charge on any atom is -0.444 e. The van der Waals surface area contributed by atoms with Gasteiger partial charge in [0, 0.05) is 6.54 Å². The number of hydrogen-bond donors (Lipinski definition) is 1. The van der Waals surface area contributed by atoms with Crippen molar-refractivity contribution >= 4 is 22.0 Å². The lowest BCUT2D eigenvalue weighted by Gasteiger charge is -2.35. The normalized spacial score (nSPS) is 13.7. The van der Waals surface area contributed by atoms with Gasteiger partial charge in [0.1, 0.15) is 11.6 Å². The second-order valence-corrected chi connectivity index (χ2v) is 12.5. The molecular weight excluding hydrogens is 336 g/mol. The minimum absolute atomic E-state index is 0.0999. The summed E-state index contributed by atoms with van der Waals surface area (Å²) in [6.07, 6.45) is 5.94. The van der Waals surface area contributed by atoms with Gasteiger partial charge in [0.2, 0.25) is 5.91 Å². The second-order valence-electron chi connectivity index (χ2n) is 8.11. The first-order valence-corrected chi connectivity index (χ1v) is 11.4. The van der Waals surface area contributed by atoms with Gasteiger partial charge in [-0.1, -0.05) is 30.3 Å². The third-order valence-electron chi connectivity index (χ3n) is 3.17. The summed E-state index contributed by atoms with van der Waals surface area (Å²) < 4.78 is 5.24. The van der Waals surface area contributed by atoms with Crippen molar-refractivity contribution in [1.82, 2.24) is 10.2 Å². The molecule has 0 saturated carbocycles. The van der Waals surface area contributed by atoms with Crippen LogP contribution in [-0.4, -0.2) is 53.2 Å². The monoisotopic (exact) mass is 368 g/mol. The van der Waals surface area contributed by atoms with Gasteiger partial charge in [-0.15, -0.1) is 0 Å². The van der Waals surface area contributed by atoms with Gasteiger partial charge in [0.25, 0.3) is 0 Å². The van der Waals surface area contributed by atoms with E-state index in [1.165, 1.54) is 0 Å². The maximum Gasteiger partial charge on any atom is 0.408 e. The van der Waals surface area contributed by atoms with Crippen LogP contribution in [0.3, 0.4) is 0 Å². The molecular formula is C19H32N2O3S. The van der Waals surface area contributed by atoms with Crippen LogP contribution in [0.1, 0.15) is 33.3 Å². The van der Waals surface area contributed by atoms with Crippen molar-refractivity contribution in [3.8, 4) is 0 Å². The number of benzene rings is 1. The second kappa shape index (κ2) is 8.61. The topological polar surface area (TPSA) is 58.6 Å². The van der Waals surface area contributed by atoms with E-state index in [4.69, 9.17) is 4.74 Å². The predicted octanol–water partition coefficient (Wildman–Crippen LogP) is 3.58. The van der Waals surface area contributed by atoms with Crippen LogP contribution in [0, 0.1) is 0 Å². The minimum atomic E-state index is -0.918. The maximum absolute atomic E-state index is 12.9. The molecule has 0 aliphatic heterocycles. The van der Waals surface area contributed by atoms with Crippen molar-refractivity contribution < 1.29 is 14.3 Å². The molecule has 0 saturated heterocycles. The first-order chi connectivity index (χ1) is 11.4. The molecule has 1 rings (SSSR count). The summed E-state index contributed by atoms with van der Waals surface area (Å²) in [6, 6.07) is 9.25. The van der Waals surface area contributed by atoms with Gasteiger partial charge in [-0.05, 0) is 52.0 Å². The molecule has 0 radical (unpaired) electrons. The number of ether oxygens (including phenoxy) is 1. The van der Waals surface area contributed by atoms with E-state index in [9.17, 15) is 9.59 Å². The molecule has 6 heteroatoms. The van der Waals surface area contributed by atoms with Crippen LogP contribution in [0.2, 0.25) is 0 Å². The predicted molar refractivity (Wildman–Crippen MR) is 106 cm³/mol. The highest BCUT2D eigenvalue weighted by molar-refractivity contribution is 8.32. The Morgan fingerprint density at radius 3 is 2.20 bits per heavy atom. The first kappa shape index (κ1) is 21.4. The zero-order valence-corrected chi connectivity index (χ0v) is 17.3. The largest absolute Gasteiger partial charge is 0.444 e. The highest BCUT2D eigenvalue weighted by Gasteiger charge is 2.26. The summed E-state index contributed by atoms with van der Waals surface area (Å²) in [6.45, 7) is 7.61. The third kappa shape index (κ3) is 8.82. The molecule has 0 fully saturated rings. The summed E-state index contributed by atoms with van der Waals surface area (Å²) in [4.78, 5) is 26.7. The lowest BCUT2D eigenvalue weighted by Crippen LogP contribution is -2.48. The van der Waals surface area contributed by atoms with Crippen LogP contribution in [0.5, 0.6) is 0 Å². The molecule has 142 valence electrons. The number of nitrogens with zero attached hydrogens (tertiary/aromatic N) is 1. The molecule has 0 aliphatic carbocycles. The van der Waals surface area contributed by atoms with Gasteiger partial charge in [-0.25, -0.2) is 14.8 Å². The lowest BCUT2D eigenvalue weighted by atomic mass is 10.2. The molecule has 2 amide bonds. The molecule has 25 heavy (non-hydrogen) atoms. The van der Waals surface area contributed by atoms with Crippen molar-refractivity contribution in [3.63, 3.8) is 0 Å².